The van der Waals surface area contributed by atoms with Gasteiger partial charge in [0.25, 0.3) is 5.91 Å². The van der Waals surface area contributed by atoms with E-state index in [0.717, 1.165) is 22.5 Å². The van der Waals surface area contributed by atoms with E-state index in [-0.39, 0.29) is 42.9 Å². The molecule has 0 saturated carbocycles. The predicted octanol–water partition coefficient (Wildman–Crippen LogP) is 3.57. The van der Waals surface area contributed by atoms with Gasteiger partial charge in [0.1, 0.15) is 17.4 Å². The van der Waals surface area contributed by atoms with E-state index in [1.54, 1.807) is 19.1 Å². The summed E-state index contributed by atoms with van der Waals surface area (Å²) in [6.45, 7) is 1.45. The van der Waals surface area contributed by atoms with Gasteiger partial charge in [0.05, 0.1) is 5.02 Å². The number of sulfonamides is 1. The van der Waals surface area contributed by atoms with Crippen molar-refractivity contribution in [3.63, 3.8) is 0 Å². The van der Waals surface area contributed by atoms with Gasteiger partial charge in [-0.25, -0.2) is 17.2 Å². The monoisotopic (exact) mass is 478 g/mol. The fourth-order valence-corrected chi connectivity index (χ4v) is 5.06. The van der Waals surface area contributed by atoms with E-state index in [1.165, 1.54) is 11.0 Å². The molecule has 1 aliphatic heterocycles. The molecule has 1 fully saturated rings. The lowest BCUT2D eigenvalue weighted by molar-refractivity contribution is -0.139. The SMILES string of the molecule is CC(Oc1ccc(Cl)cc1Cl)C(=O)N1CCN(S(=O)(=O)c2c(F)cccc2F)CC1. The van der Waals surface area contributed by atoms with Gasteiger partial charge in [-0.05, 0) is 37.3 Å². The van der Waals surface area contributed by atoms with Crippen molar-refractivity contribution in [3.8, 4) is 5.75 Å². The predicted molar refractivity (Wildman–Crippen MR) is 108 cm³/mol. The van der Waals surface area contributed by atoms with E-state index in [9.17, 15) is 22.0 Å². The number of benzene rings is 2. The summed E-state index contributed by atoms with van der Waals surface area (Å²) in [6.07, 6.45) is -0.879. The topological polar surface area (TPSA) is 66.9 Å². The summed E-state index contributed by atoms with van der Waals surface area (Å²) in [4.78, 5) is 13.1. The molecular formula is C19H18Cl2F2N2O4S. The average molecular weight is 479 g/mol. The first-order valence-corrected chi connectivity index (χ1v) is 11.2. The van der Waals surface area contributed by atoms with Gasteiger partial charge in [-0.1, -0.05) is 29.3 Å². The second-order valence-corrected chi connectivity index (χ2v) is 9.33. The van der Waals surface area contributed by atoms with Crippen LogP contribution >= 0.6 is 23.2 Å². The fraction of sp³-hybridized carbons (Fsp3) is 0.316. The smallest absolute Gasteiger partial charge is 0.263 e. The van der Waals surface area contributed by atoms with E-state index in [1.807, 2.05) is 0 Å². The molecule has 2 aromatic rings. The number of ether oxygens (including phenoxy) is 1. The molecule has 162 valence electrons. The van der Waals surface area contributed by atoms with Crippen molar-refractivity contribution in [1.29, 1.82) is 0 Å². The van der Waals surface area contributed by atoms with Crippen molar-refractivity contribution in [2.24, 2.45) is 0 Å². The van der Waals surface area contributed by atoms with Crippen LogP contribution in [0.4, 0.5) is 8.78 Å². The largest absolute Gasteiger partial charge is 0.479 e. The maximum absolute atomic E-state index is 13.9. The summed E-state index contributed by atoms with van der Waals surface area (Å²) in [5, 5.41) is 0.680. The van der Waals surface area contributed by atoms with Crippen LogP contribution in [0.3, 0.4) is 0 Å². The van der Waals surface area contributed by atoms with Crippen LogP contribution in [0.1, 0.15) is 6.92 Å². The summed E-state index contributed by atoms with van der Waals surface area (Å²) < 4.78 is 59.7. The van der Waals surface area contributed by atoms with Crippen molar-refractivity contribution in [3.05, 3.63) is 58.1 Å². The summed E-state index contributed by atoms with van der Waals surface area (Å²) >= 11 is 11.9. The zero-order valence-electron chi connectivity index (χ0n) is 15.8. The van der Waals surface area contributed by atoms with Crippen LogP contribution in [0.15, 0.2) is 41.3 Å². The van der Waals surface area contributed by atoms with Gasteiger partial charge < -0.3 is 9.64 Å². The Morgan fingerprint density at radius 1 is 1.07 bits per heavy atom. The average Bonchev–Trinajstić information content (AvgIpc) is 2.69. The Morgan fingerprint density at radius 2 is 1.67 bits per heavy atom. The molecule has 0 aliphatic carbocycles. The lowest BCUT2D eigenvalue weighted by Gasteiger charge is -2.35. The molecule has 2 aromatic carbocycles. The molecule has 1 heterocycles. The Balaban J connectivity index is 1.65. The number of halogens is 4. The van der Waals surface area contributed by atoms with Crippen LogP contribution < -0.4 is 4.74 Å². The van der Waals surface area contributed by atoms with Crippen molar-refractivity contribution < 1.29 is 26.7 Å². The number of carbonyl (C=O) groups excluding carboxylic acids is 1. The Kier molecular flexibility index (Phi) is 6.86. The highest BCUT2D eigenvalue weighted by Gasteiger charge is 2.35. The van der Waals surface area contributed by atoms with E-state index >= 15 is 0 Å². The van der Waals surface area contributed by atoms with Gasteiger partial charge >= 0.3 is 0 Å². The summed E-state index contributed by atoms with van der Waals surface area (Å²) in [6, 6.07) is 7.47. The molecule has 1 atom stereocenters. The van der Waals surface area contributed by atoms with Crippen LogP contribution in [-0.4, -0.2) is 55.8 Å². The minimum atomic E-state index is -4.37. The molecule has 0 bridgehead atoms. The molecule has 0 radical (unpaired) electrons. The minimum Gasteiger partial charge on any atom is -0.479 e. The number of hydrogen-bond donors (Lipinski definition) is 0. The Labute approximate surface area is 183 Å². The van der Waals surface area contributed by atoms with Gasteiger partial charge in [0.15, 0.2) is 11.0 Å². The Morgan fingerprint density at radius 3 is 2.23 bits per heavy atom. The fourth-order valence-electron chi connectivity index (χ4n) is 3.08. The highest BCUT2D eigenvalue weighted by molar-refractivity contribution is 7.89. The van der Waals surface area contributed by atoms with Crippen LogP contribution in [-0.2, 0) is 14.8 Å². The molecule has 0 spiro atoms. The van der Waals surface area contributed by atoms with Crippen LogP contribution in [0.5, 0.6) is 5.75 Å². The highest BCUT2D eigenvalue weighted by Crippen LogP contribution is 2.29. The maximum atomic E-state index is 13.9. The molecule has 1 aliphatic rings. The van der Waals surface area contributed by atoms with E-state index in [2.05, 4.69) is 0 Å². The first-order chi connectivity index (χ1) is 14.1. The third-order valence-corrected chi connectivity index (χ3v) is 7.09. The molecule has 11 heteroatoms. The zero-order chi connectivity index (χ0) is 22.1. The highest BCUT2D eigenvalue weighted by atomic mass is 35.5. The number of nitrogens with zero attached hydrogens (tertiary/aromatic N) is 2. The van der Waals surface area contributed by atoms with Gasteiger partial charge in [0, 0.05) is 31.2 Å². The van der Waals surface area contributed by atoms with Crippen molar-refractivity contribution >= 4 is 39.1 Å². The third-order valence-electron chi connectivity index (χ3n) is 4.61. The molecule has 3 rings (SSSR count). The Bertz CT molecular complexity index is 1040. The zero-order valence-corrected chi connectivity index (χ0v) is 18.1. The van der Waals surface area contributed by atoms with Crippen LogP contribution in [0.25, 0.3) is 0 Å². The number of amides is 1. The number of carbonyl (C=O) groups is 1. The first kappa shape index (κ1) is 22.7. The normalized spacial score (nSPS) is 16.4. The summed E-state index contributed by atoms with van der Waals surface area (Å²) in [7, 11) is -4.37. The maximum Gasteiger partial charge on any atom is 0.263 e. The van der Waals surface area contributed by atoms with Crippen LogP contribution in [0, 0.1) is 11.6 Å². The molecule has 1 unspecified atom stereocenters. The third kappa shape index (κ3) is 4.69. The van der Waals surface area contributed by atoms with Gasteiger partial charge in [-0.3, -0.25) is 4.79 Å². The molecule has 6 nitrogen and oxygen atoms in total. The van der Waals surface area contributed by atoms with Crippen molar-refractivity contribution in [2.75, 3.05) is 26.2 Å². The van der Waals surface area contributed by atoms with Crippen molar-refractivity contribution in [1.82, 2.24) is 9.21 Å². The molecule has 0 aromatic heterocycles. The van der Waals surface area contributed by atoms with Gasteiger partial charge in [0.2, 0.25) is 10.0 Å². The number of piperazine rings is 1. The second kappa shape index (κ2) is 9.05. The standard InChI is InChI=1S/C19H18Cl2F2N2O4S/c1-12(29-17-6-5-13(20)11-14(17)21)19(26)24-7-9-25(10-8-24)30(27,28)18-15(22)3-2-4-16(18)23/h2-6,11-12H,7-10H2,1H3. The number of rotatable bonds is 5. The van der Waals surface area contributed by atoms with Gasteiger partial charge in [-0.15, -0.1) is 0 Å². The lowest BCUT2D eigenvalue weighted by Crippen LogP contribution is -2.53. The van der Waals surface area contributed by atoms with Crippen molar-refractivity contribution in [2.45, 2.75) is 17.9 Å². The van der Waals surface area contributed by atoms with Crippen LogP contribution in [0.2, 0.25) is 10.0 Å². The second-order valence-electron chi connectivity index (χ2n) is 6.61. The van der Waals surface area contributed by atoms with E-state index in [4.69, 9.17) is 27.9 Å². The van der Waals surface area contributed by atoms with E-state index in [0.29, 0.717) is 5.02 Å². The first-order valence-electron chi connectivity index (χ1n) is 8.96. The summed E-state index contributed by atoms with van der Waals surface area (Å²) in [5.41, 5.74) is 0. The molecule has 1 saturated heterocycles. The molecule has 1 amide bonds. The summed E-state index contributed by atoms with van der Waals surface area (Å²) in [5.74, 6) is -2.39. The lowest BCUT2D eigenvalue weighted by atomic mass is 10.2. The van der Waals surface area contributed by atoms with Gasteiger partial charge in [-0.2, -0.15) is 4.31 Å². The number of hydrogen-bond acceptors (Lipinski definition) is 4. The molecule has 0 N–H and O–H groups in total. The quantitative estimate of drug-likeness (QED) is 0.658. The minimum absolute atomic E-state index is 0.0518. The molecule has 30 heavy (non-hydrogen) atoms. The Hall–Kier alpha value is -1.94. The molecular weight excluding hydrogens is 461 g/mol. The van der Waals surface area contributed by atoms with E-state index < -0.39 is 32.7 Å².